The Hall–Kier alpha value is -1.84. The smallest absolute Gasteiger partial charge is 0.306 e. The third-order valence-electron chi connectivity index (χ3n) is 7.20. The molecule has 2 N–H and O–H groups in total. The minimum Gasteiger partial charge on any atom is -0.481 e. The number of aliphatic carboxylic acids is 1. The fourth-order valence-corrected chi connectivity index (χ4v) is 5.79. The van der Waals surface area contributed by atoms with Gasteiger partial charge in [-0.05, 0) is 68.8 Å². The van der Waals surface area contributed by atoms with Crippen LogP contribution < -0.4 is 5.32 Å². The highest BCUT2D eigenvalue weighted by molar-refractivity contribution is 5.84. The first-order valence-electron chi connectivity index (χ1n) is 10.1. The van der Waals surface area contributed by atoms with E-state index < -0.39 is 5.97 Å². The zero-order valence-corrected chi connectivity index (χ0v) is 15.3. The van der Waals surface area contributed by atoms with Crippen molar-refractivity contribution in [2.75, 3.05) is 0 Å². The van der Waals surface area contributed by atoms with Gasteiger partial charge in [-0.25, -0.2) is 0 Å². The second-order valence-corrected chi connectivity index (χ2v) is 8.76. The van der Waals surface area contributed by atoms with Crippen molar-refractivity contribution < 1.29 is 14.7 Å². The highest BCUT2D eigenvalue weighted by Gasteiger charge is 2.55. The number of benzene rings is 1. The van der Waals surface area contributed by atoms with Crippen LogP contribution in [0.25, 0.3) is 0 Å². The minimum absolute atomic E-state index is 0.143. The van der Waals surface area contributed by atoms with Gasteiger partial charge >= 0.3 is 5.97 Å². The quantitative estimate of drug-likeness (QED) is 0.844. The molecule has 1 aromatic rings. The van der Waals surface area contributed by atoms with E-state index in [4.69, 9.17) is 5.11 Å². The zero-order valence-electron chi connectivity index (χ0n) is 15.3. The summed E-state index contributed by atoms with van der Waals surface area (Å²) < 4.78 is 0. The molecule has 3 aliphatic rings. The van der Waals surface area contributed by atoms with Crippen molar-refractivity contribution in [3.8, 4) is 0 Å². The fraction of sp³-hybridized carbons (Fsp3) is 0.636. The Morgan fingerprint density at radius 3 is 2.35 bits per heavy atom. The number of carboxylic acid groups (broad SMARTS) is 1. The summed E-state index contributed by atoms with van der Waals surface area (Å²) in [6.45, 7) is 0. The SMILES string of the molecule is O=C(O)C1CCC(NC(=O)C2(Cc3ccccc3)CC3CCC2C3)CC1. The van der Waals surface area contributed by atoms with E-state index in [1.165, 1.54) is 24.8 Å². The average Bonchev–Trinajstić information content (AvgIpc) is 3.25. The summed E-state index contributed by atoms with van der Waals surface area (Å²) in [5, 5.41) is 12.5. The van der Waals surface area contributed by atoms with Crippen molar-refractivity contribution in [2.24, 2.45) is 23.2 Å². The van der Waals surface area contributed by atoms with Crippen molar-refractivity contribution in [1.82, 2.24) is 5.32 Å². The molecule has 26 heavy (non-hydrogen) atoms. The number of amides is 1. The van der Waals surface area contributed by atoms with Crippen LogP contribution >= 0.6 is 0 Å². The van der Waals surface area contributed by atoms with Crippen LogP contribution in [0.4, 0.5) is 0 Å². The summed E-state index contributed by atoms with van der Waals surface area (Å²) in [5.41, 5.74) is 0.998. The van der Waals surface area contributed by atoms with E-state index in [1.54, 1.807) is 0 Å². The Labute approximate surface area is 155 Å². The standard InChI is InChI=1S/C22H29NO3/c24-20(25)17-7-10-19(11-8-17)23-21(26)22(13-15-4-2-1-3-5-15)14-16-6-9-18(22)12-16/h1-5,16-19H,6-14H2,(H,23,26)(H,24,25). The number of carbonyl (C=O) groups excluding carboxylic acids is 1. The van der Waals surface area contributed by atoms with E-state index in [0.29, 0.717) is 24.7 Å². The molecule has 3 saturated carbocycles. The third kappa shape index (κ3) is 3.26. The molecule has 4 heteroatoms. The van der Waals surface area contributed by atoms with E-state index in [-0.39, 0.29) is 23.3 Å². The molecule has 1 amide bonds. The van der Waals surface area contributed by atoms with Crippen LogP contribution in [0.2, 0.25) is 0 Å². The van der Waals surface area contributed by atoms with Gasteiger partial charge in [-0.2, -0.15) is 0 Å². The molecule has 0 heterocycles. The van der Waals surface area contributed by atoms with Gasteiger partial charge in [0, 0.05) is 6.04 Å². The molecule has 2 bridgehead atoms. The molecule has 0 radical (unpaired) electrons. The van der Waals surface area contributed by atoms with E-state index >= 15 is 0 Å². The number of rotatable bonds is 5. The van der Waals surface area contributed by atoms with Crippen molar-refractivity contribution in [1.29, 1.82) is 0 Å². The number of nitrogens with one attached hydrogen (secondary N) is 1. The van der Waals surface area contributed by atoms with Crippen molar-refractivity contribution >= 4 is 11.9 Å². The zero-order chi connectivity index (χ0) is 18.1. The highest BCUT2D eigenvalue weighted by Crippen LogP contribution is 2.57. The van der Waals surface area contributed by atoms with Gasteiger partial charge in [-0.1, -0.05) is 36.8 Å². The number of hydrogen-bond donors (Lipinski definition) is 2. The molecule has 1 aromatic carbocycles. The molecule has 140 valence electrons. The first kappa shape index (κ1) is 17.6. The second kappa shape index (κ2) is 7.05. The lowest BCUT2D eigenvalue weighted by atomic mass is 9.68. The molecular formula is C22H29NO3. The third-order valence-corrected chi connectivity index (χ3v) is 7.20. The number of carboxylic acids is 1. The van der Waals surface area contributed by atoms with Gasteiger partial charge < -0.3 is 10.4 Å². The Bertz CT molecular complexity index is 665. The molecule has 3 atom stereocenters. The van der Waals surface area contributed by atoms with Crippen molar-refractivity contribution in [2.45, 2.75) is 63.8 Å². The molecule has 3 aliphatic carbocycles. The van der Waals surface area contributed by atoms with Crippen LogP contribution in [0.5, 0.6) is 0 Å². The maximum Gasteiger partial charge on any atom is 0.306 e. The summed E-state index contributed by atoms with van der Waals surface area (Å²) >= 11 is 0. The second-order valence-electron chi connectivity index (χ2n) is 8.76. The Kier molecular flexibility index (Phi) is 4.76. The van der Waals surface area contributed by atoms with Gasteiger partial charge in [0.1, 0.15) is 0 Å². The first-order valence-corrected chi connectivity index (χ1v) is 10.1. The largest absolute Gasteiger partial charge is 0.481 e. The maximum absolute atomic E-state index is 13.4. The van der Waals surface area contributed by atoms with Gasteiger partial charge in [0.2, 0.25) is 5.91 Å². The summed E-state index contributed by atoms with van der Waals surface area (Å²) in [4.78, 5) is 24.6. The number of carbonyl (C=O) groups is 2. The lowest BCUT2D eigenvalue weighted by molar-refractivity contribution is -0.143. The van der Waals surface area contributed by atoms with Gasteiger partial charge in [-0.3, -0.25) is 9.59 Å². The summed E-state index contributed by atoms with van der Waals surface area (Å²) in [5.74, 6) is 0.514. The van der Waals surface area contributed by atoms with Gasteiger partial charge in [0.15, 0.2) is 0 Å². The van der Waals surface area contributed by atoms with E-state index in [9.17, 15) is 9.59 Å². The van der Waals surface area contributed by atoms with Crippen molar-refractivity contribution in [3.05, 3.63) is 35.9 Å². The molecule has 0 spiro atoms. The van der Waals surface area contributed by atoms with Crippen LogP contribution in [0.15, 0.2) is 30.3 Å². The molecule has 3 unspecified atom stereocenters. The normalized spacial score (nSPS) is 36.0. The van der Waals surface area contributed by atoms with Crippen LogP contribution in [0.3, 0.4) is 0 Å². The Morgan fingerprint density at radius 1 is 1.04 bits per heavy atom. The topological polar surface area (TPSA) is 66.4 Å². The number of fused-ring (bicyclic) bond motifs is 2. The molecule has 4 rings (SSSR count). The molecule has 0 aromatic heterocycles. The predicted octanol–water partition coefficient (Wildman–Crippen LogP) is 3.80. The highest BCUT2D eigenvalue weighted by atomic mass is 16.4. The van der Waals surface area contributed by atoms with E-state index in [0.717, 1.165) is 25.7 Å². The molecule has 0 saturated heterocycles. The summed E-state index contributed by atoms with van der Waals surface area (Å²) in [6, 6.07) is 10.6. The average molecular weight is 355 g/mol. The minimum atomic E-state index is -0.691. The lowest BCUT2D eigenvalue weighted by Gasteiger charge is -2.38. The van der Waals surface area contributed by atoms with Crippen LogP contribution in [0, 0.1) is 23.2 Å². The van der Waals surface area contributed by atoms with E-state index in [1.807, 2.05) is 6.07 Å². The van der Waals surface area contributed by atoms with Gasteiger partial charge in [-0.15, -0.1) is 0 Å². The monoisotopic (exact) mass is 355 g/mol. The van der Waals surface area contributed by atoms with Crippen LogP contribution in [0.1, 0.15) is 56.9 Å². The Balaban J connectivity index is 1.46. The Morgan fingerprint density at radius 2 is 1.77 bits per heavy atom. The molecular weight excluding hydrogens is 326 g/mol. The molecule has 0 aliphatic heterocycles. The lowest BCUT2D eigenvalue weighted by Crippen LogP contribution is -2.50. The first-order chi connectivity index (χ1) is 12.6. The molecule has 3 fully saturated rings. The van der Waals surface area contributed by atoms with Crippen LogP contribution in [-0.2, 0) is 16.0 Å². The maximum atomic E-state index is 13.4. The van der Waals surface area contributed by atoms with E-state index in [2.05, 4.69) is 29.6 Å². The summed E-state index contributed by atoms with van der Waals surface area (Å²) in [7, 11) is 0. The van der Waals surface area contributed by atoms with Gasteiger partial charge in [0.05, 0.1) is 11.3 Å². The number of hydrogen-bond acceptors (Lipinski definition) is 2. The fourth-order valence-electron chi connectivity index (χ4n) is 5.79. The molecule has 4 nitrogen and oxygen atoms in total. The van der Waals surface area contributed by atoms with Crippen LogP contribution in [-0.4, -0.2) is 23.0 Å². The van der Waals surface area contributed by atoms with Crippen molar-refractivity contribution in [3.63, 3.8) is 0 Å². The van der Waals surface area contributed by atoms with Gasteiger partial charge in [0.25, 0.3) is 0 Å². The summed E-state index contributed by atoms with van der Waals surface area (Å²) in [6.07, 6.45) is 8.45. The predicted molar refractivity (Wildman–Crippen MR) is 99.6 cm³/mol.